The van der Waals surface area contributed by atoms with Crippen LogP contribution in [0.25, 0.3) is 16.9 Å². The fraction of sp³-hybridized carbons (Fsp3) is 0.182. The van der Waals surface area contributed by atoms with Gasteiger partial charge in [0.15, 0.2) is 9.84 Å². The highest BCUT2D eigenvalue weighted by Crippen LogP contribution is 2.31. The topological polar surface area (TPSA) is 82.4 Å². The number of esters is 1. The zero-order valence-electron chi connectivity index (χ0n) is 16.7. The van der Waals surface area contributed by atoms with Gasteiger partial charge in [-0.3, -0.25) is 4.79 Å². The molecule has 1 heterocycles. The number of benzene rings is 2. The number of ketones is 1. The molecule has 0 saturated heterocycles. The predicted molar refractivity (Wildman–Crippen MR) is 123 cm³/mol. The smallest absolute Gasteiger partial charge is 0.379 e. The lowest BCUT2D eigenvalue weighted by molar-refractivity contribution is -0.137. The number of carbonyl (C=O) groups excluding carboxylic acids is 2. The Morgan fingerprint density at radius 2 is 1.63 bits per heavy atom. The van der Waals surface area contributed by atoms with E-state index in [1.54, 1.807) is 32.0 Å². The highest BCUT2D eigenvalue weighted by molar-refractivity contribution is 14.1. The molecule has 0 aliphatic heterocycles. The van der Waals surface area contributed by atoms with Crippen LogP contribution in [0.2, 0.25) is 0 Å². The number of nitrogens with zero attached hydrogens (tertiary/aromatic N) is 1. The molecule has 1 aromatic heterocycles. The minimum atomic E-state index is -3.33. The fourth-order valence-corrected chi connectivity index (χ4v) is 4.14. The van der Waals surface area contributed by atoms with Crippen LogP contribution in [0.5, 0.6) is 0 Å². The zero-order chi connectivity index (χ0) is 22.1. The summed E-state index contributed by atoms with van der Waals surface area (Å²) in [6.45, 7) is 3.52. The lowest BCUT2D eigenvalue weighted by Gasteiger charge is -2.13. The molecule has 0 spiro atoms. The first-order valence-electron chi connectivity index (χ1n) is 9.13. The predicted octanol–water partition coefficient (Wildman–Crippen LogP) is 4.21. The molecule has 3 aromatic rings. The third-order valence-corrected chi connectivity index (χ3v) is 6.46. The van der Waals surface area contributed by atoms with Gasteiger partial charge in [0.25, 0.3) is 5.78 Å². The molecule has 0 amide bonds. The van der Waals surface area contributed by atoms with Crippen molar-refractivity contribution >= 4 is 44.2 Å². The SMILES string of the molecule is CCOC(=O)C(=O)c1cc(-c2ccc(S(C)(=O)=O)cc2)n(-c2ccc(I)cc2)c1C. The average Bonchev–Trinajstić information content (AvgIpc) is 3.05. The van der Waals surface area contributed by atoms with E-state index in [-0.39, 0.29) is 17.1 Å². The molecule has 3 rings (SSSR count). The number of Topliss-reactive ketones (excluding diaryl/α,β-unsaturated/α-hetero) is 1. The van der Waals surface area contributed by atoms with Gasteiger partial charge in [0.2, 0.25) is 0 Å². The van der Waals surface area contributed by atoms with Crippen LogP contribution >= 0.6 is 22.6 Å². The van der Waals surface area contributed by atoms with Crippen LogP contribution in [-0.4, -0.2) is 37.6 Å². The quantitative estimate of drug-likeness (QED) is 0.204. The monoisotopic (exact) mass is 537 g/mol. The summed E-state index contributed by atoms with van der Waals surface area (Å²) in [7, 11) is -3.33. The molecule has 0 radical (unpaired) electrons. The lowest BCUT2D eigenvalue weighted by Crippen LogP contribution is -2.18. The Morgan fingerprint density at radius 1 is 1.03 bits per heavy atom. The highest BCUT2D eigenvalue weighted by Gasteiger charge is 2.25. The Morgan fingerprint density at radius 3 is 2.17 bits per heavy atom. The van der Waals surface area contributed by atoms with Crippen molar-refractivity contribution in [3.63, 3.8) is 0 Å². The van der Waals surface area contributed by atoms with Gasteiger partial charge in [0.1, 0.15) is 0 Å². The molecule has 30 heavy (non-hydrogen) atoms. The summed E-state index contributed by atoms with van der Waals surface area (Å²) in [6, 6.07) is 15.8. The van der Waals surface area contributed by atoms with Crippen LogP contribution in [0, 0.1) is 10.5 Å². The van der Waals surface area contributed by atoms with E-state index in [4.69, 9.17) is 4.74 Å². The van der Waals surface area contributed by atoms with E-state index >= 15 is 0 Å². The third-order valence-electron chi connectivity index (χ3n) is 4.62. The molecule has 8 heteroatoms. The van der Waals surface area contributed by atoms with Gasteiger partial charge in [-0.1, -0.05) is 12.1 Å². The fourth-order valence-electron chi connectivity index (χ4n) is 3.15. The summed E-state index contributed by atoms with van der Waals surface area (Å²) >= 11 is 2.21. The van der Waals surface area contributed by atoms with Gasteiger partial charge in [0, 0.05) is 21.2 Å². The van der Waals surface area contributed by atoms with E-state index < -0.39 is 21.6 Å². The molecular formula is C22H20INO5S. The minimum Gasteiger partial charge on any atom is -0.460 e. The van der Waals surface area contributed by atoms with Crippen molar-refractivity contribution in [2.75, 3.05) is 12.9 Å². The van der Waals surface area contributed by atoms with Crippen molar-refractivity contribution in [3.05, 3.63) is 69.4 Å². The number of ether oxygens (including phenoxy) is 1. The molecule has 0 N–H and O–H groups in total. The summed E-state index contributed by atoms with van der Waals surface area (Å²) < 4.78 is 31.4. The molecule has 2 aromatic carbocycles. The van der Waals surface area contributed by atoms with Crippen LogP contribution < -0.4 is 0 Å². The van der Waals surface area contributed by atoms with Crippen molar-refractivity contribution < 1.29 is 22.7 Å². The number of aromatic nitrogens is 1. The van der Waals surface area contributed by atoms with Crippen molar-refractivity contribution in [1.29, 1.82) is 0 Å². The summed E-state index contributed by atoms with van der Waals surface area (Å²) in [4.78, 5) is 24.9. The molecule has 0 atom stereocenters. The summed E-state index contributed by atoms with van der Waals surface area (Å²) in [6.07, 6.45) is 1.15. The summed E-state index contributed by atoms with van der Waals surface area (Å²) in [5, 5.41) is 0. The zero-order valence-corrected chi connectivity index (χ0v) is 19.7. The first-order chi connectivity index (χ1) is 14.1. The Kier molecular flexibility index (Phi) is 6.47. The van der Waals surface area contributed by atoms with E-state index in [0.29, 0.717) is 17.0 Å². The maximum Gasteiger partial charge on any atom is 0.379 e. The number of carbonyl (C=O) groups is 2. The van der Waals surface area contributed by atoms with Crippen molar-refractivity contribution in [3.8, 4) is 16.9 Å². The second-order valence-electron chi connectivity index (χ2n) is 6.69. The van der Waals surface area contributed by atoms with Crippen molar-refractivity contribution in [2.24, 2.45) is 0 Å². The molecule has 0 fully saturated rings. The van der Waals surface area contributed by atoms with Gasteiger partial charge in [-0.15, -0.1) is 0 Å². The van der Waals surface area contributed by atoms with Gasteiger partial charge >= 0.3 is 5.97 Å². The first-order valence-corrected chi connectivity index (χ1v) is 12.1. The maximum absolute atomic E-state index is 12.7. The highest BCUT2D eigenvalue weighted by atomic mass is 127. The molecular weight excluding hydrogens is 517 g/mol. The van der Waals surface area contributed by atoms with Crippen LogP contribution in [0.1, 0.15) is 23.0 Å². The molecule has 0 aliphatic carbocycles. The largest absolute Gasteiger partial charge is 0.460 e. The number of sulfone groups is 1. The van der Waals surface area contributed by atoms with Crippen molar-refractivity contribution in [2.45, 2.75) is 18.7 Å². The van der Waals surface area contributed by atoms with E-state index in [1.165, 1.54) is 12.1 Å². The van der Waals surface area contributed by atoms with Crippen molar-refractivity contribution in [1.82, 2.24) is 4.57 Å². The number of hydrogen-bond donors (Lipinski definition) is 0. The standard InChI is InChI=1S/C22H20INO5S/c1-4-29-22(26)21(25)19-13-20(15-5-11-18(12-6-15)30(3,27)28)24(14(19)2)17-9-7-16(23)8-10-17/h5-13H,4H2,1-3H3. The third kappa shape index (κ3) is 4.49. The van der Waals surface area contributed by atoms with Crippen LogP contribution in [0.15, 0.2) is 59.5 Å². The maximum atomic E-state index is 12.7. The number of rotatable bonds is 6. The first kappa shape index (κ1) is 22.2. The molecule has 0 bridgehead atoms. The molecule has 156 valence electrons. The van der Waals surface area contributed by atoms with Crippen LogP contribution in [0.3, 0.4) is 0 Å². The molecule has 0 saturated carbocycles. The van der Waals surface area contributed by atoms with Crippen LogP contribution in [-0.2, 0) is 19.4 Å². The second kappa shape index (κ2) is 8.73. The second-order valence-corrected chi connectivity index (χ2v) is 9.95. The Bertz CT molecular complexity index is 1210. The molecule has 0 unspecified atom stereocenters. The minimum absolute atomic E-state index is 0.112. The van der Waals surface area contributed by atoms with Gasteiger partial charge in [-0.05, 0) is 84.5 Å². The van der Waals surface area contributed by atoms with Gasteiger partial charge in [-0.2, -0.15) is 0 Å². The van der Waals surface area contributed by atoms with E-state index in [2.05, 4.69) is 22.6 Å². The Hall–Kier alpha value is -2.46. The van der Waals surface area contributed by atoms with E-state index in [9.17, 15) is 18.0 Å². The van der Waals surface area contributed by atoms with Crippen LogP contribution in [0.4, 0.5) is 0 Å². The van der Waals surface area contributed by atoms with Gasteiger partial charge < -0.3 is 9.30 Å². The normalized spacial score (nSPS) is 11.3. The number of hydrogen-bond acceptors (Lipinski definition) is 5. The summed E-state index contributed by atoms with van der Waals surface area (Å²) in [5.41, 5.74) is 3.04. The van der Waals surface area contributed by atoms with Gasteiger partial charge in [0.05, 0.1) is 22.8 Å². The Labute approximate surface area is 188 Å². The number of halogens is 1. The van der Waals surface area contributed by atoms with E-state index in [0.717, 1.165) is 15.5 Å². The molecule has 6 nitrogen and oxygen atoms in total. The Balaban J connectivity index is 2.20. The molecule has 0 aliphatic rings. The average molecular weight is 537 g/mol. The lowest BCUT2D eigenvalue weighted by atomic mass is 10.1. The van der Waals surface area contributed by atoms with E-state index in [1.807, 2.05) is 28.8 Å². The van der Waals surface area contributed by atoms with Gasteiger partial charge in [-0.25, -0.2) is 13.2 Å². The summed E-state index contributed by atoms with van der Waals surface area (Å²) in [5.74, 6) is -1.62.